The van der Waals surface area contributed by atoms with E-state index >= 15 is 0 Å². The lowest BCUT2D eigenvalue weighted by molar-refractivity contribution is 0.314. The fourth-order valence-electron chi connectivity index (χ4n) is 1.39. The average molecular weight is 179 g/mol. The summed E-state index contributed by atoms with van der Waals surface area (Å²) in [4.78, 5) is 8.33. The van der Waals surface area contributed by atoms with Crippen molar-refractivity contribution in [2.75, 3.05) is 18.5 Å². The van der Waals surface area contributed by atoms with Crippen molar-refractivity contribution in [1.29, 1.82) is 0 Å². The van der Waals surface area contributed by atoms with Crippen LogP contribution in [0.5, 0.6) is 5.75 Å². The van der Waals surface area contributed by atoms with E-state index < -0.39 is 0 Å². The van der Waals surface area contributed by atoms with Gasteiger partial charge in [-0.1, -0.05) is 13.8 Å². The van der Waals surface area contributed by atoms with Crippen molar-refractivity contribution in [1.82, 2.24) is 9.97 Å². The number of rotatable bonds is 1. The summed E-state index contributed by atoms with van der Waals surface area (Å²) in [7, 11) is 0. The lowest BCUT2D eigenvalue weighted by atomic mass is 10.1. The van der Waals surface area contributed by atoms with Gasteiger partial charge in [-0.3, -0.25) is 0 Å². The summed E-state index contributed by atoms with van der Waals surface area (Å²) in [6.07, 6.45) is 1.58. The molecule has 0 saturated carbocycles. The zero-order chi connectivity index (χ0) is 9.26. The first-order valence-corrected chi connectivity index (χ1v) is 4.50. The van der Waals surface area contributed by atoms with Crippen molar-refractivity contribution in [2.24, 2.45) is 0 Å². The summed E-state index contributed by atoms with van der Waals surface area (Å²) < 4.78 is 5.53. The average Bonchev–Trinajstić information content (AvgIpc) is 2.17. The zero-order valence-corrected chi connectivity index (χ0v) is 7.87. The number of hydrogen-bond donors (Lipinski definition) is 1. The molecule has 0 amide bonds. The SMILES string of the molecule is CC(C)c1ncnc2c1OCCN2. The first-order valence-electron chi connectivity index (χ1n) is 4.50. The van der Waals surface area contributed by atoms with Gasteiger partial charge >= 0.3 is 0 Å². The van der Waals surface area contributed by atoms with Gasteiger partial charge in [-0.15, -0.1) is 0 Å². The third-order valence-electron chi connectivity index (χ3n) is 2.02. The van der Waals surface area contributed by atoms with Crippen LogP contribution in [-0.4, -0.2) is 23.1 Å². The van der Waals surface area contributed by atoms with Crippen LogP contribution in [0.15, 0.2) is 6.33 Å². The molecule has 1 aliphatic rings. The lowest BCUT2D eigenvalue weighted by Crippen LogP contribution is -2.21. The fourth-order valence-corrected chi connectivity index (χ4v) is 1.39. The van der Waals surface area contributed by atoms with Gasteiger partial charge in [0.1, 0.15) is 12.9 Å². The van der Waals surface area contributed by atoms with Crippen molar-refractivity contribution >= 4 is 5.82 Å². The molecule has 0 aliphatic carbocycles. The summed E-state index contributed by atoms with van der Waals surface area (Å²) in [5.74, 6) is 2.02. The number of aromatic nitrogens is 2. The van der Waals surface area contributed by atoms with E-state index in [1.807, 2.05) is 0 Å². The summed E-state index contributed by atoms with van der Waals surface area (Å²) in [6.45, 7) is 5.71. The Morgan fingerprint density at radius 3 is 3.08 bits per heavy atom. The normalized spacial score (nSPS) is 14.7. The van der Waals surface area contributed by atoms with Crippen LogP contribution in [0.4, 0.5) is 5.82 Å². The molecular formula is C9H13N3O. The Morgan fingerprint density at radius 1 is 1.46 bits per heavy atom. The predicted molar refractivity (Wildman–Crippen MR) is 50.1 cm³/mol. The van der Waals surface area contributed by atoms with Gasteiger partial charge in [0.25, 0.3) is 0 Å². The van der Waals surface area contributed by atoms with Crippen LogP contribution in [0, 0.1) is 0 Å². The highest BCUT2D eigenvalue weighted by molar-refractivity contribution is 5.54. The third-order valence-corrected chi connectivity index (χ3v) is 2.02. The number of ether oxygens (including phenoxy) is 1. The number of nitrogens with zero attached hydrogens (tertiary/aromatic N) is 2. The van der Waals surface area contributed by atoms with E-state index in [1.54, 1.807) is 6.33 Å². The summed E-state index contributed by atoms with van der Waals surface area (Å²) in [5, 5.41) is 3.18. The molecule has 0 aromatic carbocycles. The number of nitrogens with one attached hydrogen (secondary N) is 1. The summed E-state index contributed by atoms with van der Waals surface area (Å²) in [6, 6.07) is 0. The summed E-state index contributed by atoms with van der Waals surface area (Å²) >= 11 is 0. The van der Waals surface area contributed by atoms with E-state index in [2.05, 4.69) is 29.1 Å². The molecule has 2 heterocycles. The molecule has 2 rings (SSSR count). The largest absolute Gasteiger partial charge is 0.486 e. The van der Waals surface area contributed by atoms with Crippen LogP contribution >= 0.6 is 0 Å². The molecule has 4 heteroatoms. The summed E-state index contributed by atoms with van der Waals surface area (Å²) in [5.41, 5.74) is 0.984. The highest BCUT2D eigenvalue weighted by Gasteiger charge is 2.17. The Hall–Kier alpha value is -1.32. The van der Waals surface area contributed by atoms with Gasteiger partial charge in [-0.05, 0) is 5.92 Å². The highest BCUT2D eigenvalue weighted by atomic mass is 16.5. The Kier molecular flexibility index (Phi) is 2.04. The van der Waals surface area contributed by atoms with Crippen molar-refractivity contribution in [3.8, 4) is 5.75 Å². The standard InChI is InChI=1S/C9H13N3O/c1-6(2)7-8-9(12-5-11-7)10-3-4-13-8/h5-6H,3-4H2,1-2H3,(H,10,11,12). The maximum Gasteiger partial charge on any atom is 0.183 e. The third kappa shape index (κ3) is 1.43. The topological polar surface area (TPSA) is 47.0 Å². The molecule has 0 saturated heterocycles. The van der Waals surface area contributed by atoms with Crippen LogP contribution in [0.3, 0.4) is 0 Å². The molecular weight excluding hydrogens is 166 g/mol. The van der Waals surface area contributed by atoms with E-state index in [1.165, 1.54) is 0 Å². The molecule has 70 valence electrons. The quantitative estimate of drug-likeness (QED) is 0.708. The molecule has 0 radical (unpaired) electrons. The van der Waals surface area contributed by atoms with Crippen LogP contribution < -0.4 is 10.1 Å². The van der Waals surface area contributed by atoms with E-state index in [0.29, 0.717) is 12.5 Å². The number of fused-ring (bicyclic) bond motifs is 1. The van der Waals surface area contributed by atoms with Gasteiger partial charge < -0.3 is 10.1 Å². The van der Waals surface area contributed by atoms with Crippen molar-refractivity contribution < 1.29 is 4.74 Å². The van der Waals surface area contributed by atoms with Crippen LogP contribution in [-0.2, 0) is 0 Å². The van der Waals surface area contributed by atoms with E-state index in [4.69, 9.17) is 4.74 Å². The number of anilines is 1. The Bertz CT molecular complexity index is 312. The van der Waals surface area contributed by atoms with Crippen LogP contribution in [0.1, 0.15) is 25.5 Å². The van der Waals surface area contributed by atoms with Gasteiger partial charge in [0.05, 0.1) is 12.2 Å². The van der Waals surface area contributed by atoms with E-state index in [9.17, 15) is 0 Å². The van der Waals surface area contributed by atoms with Crippen molar-refractivity contribution in [2.45, 2.75) is 19.8 Å². The first kappa shape index (κ1) is 8.29. The highest BCUT2D eigenvalue weighted by Crippen LogP contribution is 2.31. The monoisotopic (exact) mass is 179 g/mol. The van der Waals surface area contributed by atoms with Gasteiger partial charge in [0, 0.05) is 0 Å². The maximum absolute atomic E-state index is 5.53. The second-order valence-electron chi connectivity index (χ2n) is 3.37. The van der Waals surface area contributed by atoms with Crippen molar-refractivity contribution in [3.05, 3.63) is 12.0 Å². The molecule has 1 N–H and O–H groups in total. The molecule has 13 heavy (non-hydrogen) atoms. The molecule has 4 nitrogen and oxygen atoms in total. The molecule has 0 unspecified atom stereocenters. The van der Waals surface area contributed by atoms with Crippen LogP contribution in [0.2, 0.25) is 0 Å². The molecule has 0 bridgehead atoms. The minimum absolute atomic E-state index is 0.372. The van der Waals surface area contributed by atoms with Gasteiger partial charge in [0.2, 0.25) is 0 Å². The second-order valence-corrected chi connectivity index (χ2v) is 3.37. The van der Waals surface area contributed by atoms with E-state index in [0.717, 1.165) is 23.8 Å². The molecule has 1 aliphatic heterocycles. The maximum atomic E-state index is 5.53. The number of hydrogen-bond acceptors (Lipinski definition) is 4. The Morgan fingerprint density at radius 2 is 2.31 bits per heavy atom. The second kappa shape index (κ2) is 3.20. The predicted octanol–water partition coefficient (Wildman–Crippen LogP) is 1.40. The van der Waals surface area contributed by atoms with Crippen LogP contribution in [0.25, 0.3) is 0 Å². The minimum atomic E-state index is 0.372. The van der Waals surface area contributed by atoms with E-state index in [-0.39, 0.29) is 0 Å². The molecule has 0 atom stereocenters. The molecule has 0 fully saturated rings. The van der Waals surface area contributed by atoms with Gasteiger partial charge in [-0.2, -0.15) is 0 Å². The van der Waals surface area contributed by atoms with Gasteiger partial charge in [0.15, 0.2) is 11.6 Å². The molecule has 1 aromatic rings. The fraction of sp³-hybridized carbons (Fsp3) is 0.556. The minimum Gasteiger partial charge on any atom is -0.486 e. The first-order chi connectivity index (χ1) is 6.29. The Labute approximate surface area is 77.4 Å². The molecule has 1 aromatic heterocycles. The molecule has 0 spiro atoms. The van der Waals surface area contributed by atoms with Crippen molar-refractivity contribution in [3.63, 3.8) is 0 Å². The smallest absolute Gasteiger partial charge is 0.183 e. The zero-order valence-electron chi connectivity index (χ0n) is 7.87. The lowest BCUT2D eigenvalue weighted by Gasteiger charge is -2.20. The Balaban J connectivity index is 2.46. The van der Waals surface area contributed by atoms with Gasteiger partial charge in [-0.25, -0.2) is 9.97 Å².